The average molecular weight is 323 g/mol. The Morgan fingerprint density at radius 1 is 1.32 bits per heavy atom. The van der Waals surface area contributed by atoms with Crippen LogP contribution in [-0.4, -0.2) is 23.6 Å². The standard InChI is InChI=1S/C15H15ClN2O4/c1-3-21-15(20)13-9(2)18-22-14(13)17-12(19)8-10-4-6-11(16)7-5-10/h4-7H,3,8H2,1-2H3,(H,17,19). The molecule has 1 amide bonds. The number of hydrogen-bond donors (Lipinski definition) is 1. The van der Waals surface area contributed by atoms with Gasteiger partial charge in [0.25, 0.3) is 0 Å². The summed E-state index contributed by atoms with van der Waals surface area (Å²) in [5, 5.41) is 6.81. The van der Waals surface area contributed by atoms with Crippen LogP contribution in [0.1, 0.15) is 28.5 Å². The topological polar surface area (TPSA) is 81.4 Å². The van der Waals surface area contributed by atoms with Crippen LogP contribution >= 0.6 is 11.6 Å². The Bertz CT molecular complexity index is 679. The zero-order valence-electron chi connectivity index (χ0n) is 12.2. The maximum atomic E-state index is 12.0. The molecule has 1 aromatic heterocycles. The Hall–Kier alpha value is -2.34. The van der Waals surface area contributed by atoms with Crippen molar-refractivity contribution in [3.8, 4) is 0 Å². The van der Waals surface area contributed by atoms with Gasteiger partial charge in [0.05, 0.1) is 18.7 Å². The first-order valence-electron chi connectivity index (χ1n) is 6.69. The van der Waals surface area contributed by atoms with Gasteiger partial charge in [-0.05, 0) is 31.5 Å². The minimum Gasteiger partial charge on any atom is -0.462 e. The summed E-state index contributed by atoms with van der Waals surface area (Å²) in [6.07, 6.45) is 0.124. The summed E-state index contributed by atoms with van der Waals surface area (Å²) in [5.74, 6) is -0.915. The van der Waals surface area contributed by atoms with Gasteiger partial charge in [-0.1, -0.05) is 28.9 Å². The summed E-state index contributed by atoms with van der Waals surface area (Å²) in [6.45, 7) is 3.52. The summed E-state index contributed by atoms with van der Waals surface area (Å²) in [5.41, 5.74) is 1.28. The minimum atomic E-state index is -0.581. The van der Waals surface area contributed by atoms with E-state index in [2.05, 4.69) is 10.5 Å². The average Bonchev–Trinajstić information content (AvgIpc) is 2.82. The third-order valence-corrected chi connectivity index (χ3v) is 3.13. The molecule has 0 aliphatic carbocycles. The summed E-state index contributed by atoms with van der Waals surface area (Å²) in [7, 11) is 0. The van der Waals surface area contributed by atoms with Crippen LogP contribution in [-0.2, 0) is 16.0 Å². The molecular weight excluding hydrogens is 308 g/mol. The van der Waals surface area contributed by atoms with E-state index in [0.29, 0.717) is 10.7 Å². The lowest BCUT2D eigenvalue weighted by molar-refractivity contribution is -0.115. The second-order valence-corrected chi connectivity index (χ2v) is 4.98. The Morgan fingerprint density at radius 2 is 2.00 bits per heavy atom. The van der Waals surface area contributed by atoms with E-state index in [9.17, 15) is 9.59 Å². The lowest BCUT2D eigenvalue weighted by Crippen LogP contribution is -2.17. The minimum absolute atomic E-state index is 0.00471. The molecule has 2 aromatic rings. The highest BCUT2D eigenvalue weighted by molar-refractivity contribution is 6.30. The van der Waals surface area contributed by atoms with E-state index in [-0.39, 0.29) is 30.4 Å². The van der Waals surface area contributed by atoms with Crippen molar-refractivity contribution in [3.05, 3.63) is 46.1 Å². The first-order chi connectivity index (χ1) is 10.5. The van der Waals surface area contributed by atoms with Crippen LogP contribution in [0, 0.1) is 6.92 Å². The third-order valence-electron chi connectivity index (χ3n) is 2.87. The van der Waals surface area contributed by atoms with Crippen LogP contribution in [0.2, 0.25) is 5.02 Å². The van der Waals surface area contributed by atoms with Crippen molar-refractivity contribution in [2.75, 3.05) is 11.9 Å². The Balaban J connectivity index is 2.08. The number of amides is 1. The quantitative estimate of drug-likeness (QED) is 0.856. The number of aryl methyl sites for hydroxylation is 1. The number of rotatable bonds is 5. The number of carbonyl (C=O) groups is 2. The molecule has 0 aliphatic rings. The first-order valence-corrected chi connectivity index (χ1v) is 7.06. The van der Waals surface area contributed by atoms with Gasteiger partial charge in [-0.2, -0.15) is 0 Å². The molecule has 0 fully saturated rings. The van der Waals surface area contributed by atoms with Gasteiger partial charge >= 0.3 is 5.97 Å². The molecule has 0 aliphatic heterocycles. The van der Waals surface area contributed by atoms with Gasteiger partial charge in [0, 0.05) is 5.02 Å². The lowest BCUT2D eigenvalue weighted by Gasteiger charge is -2.05. The number of esters is 1. The molecule has 0 saturated carbocycles. The van der Waals surface area contributed by atoms with E-state index >= 15 is 0 Å². The lowest BCUT2D eigenvalue weighted by atomic mass is 10.1. The normalized spacial score (nSPS) is 10.3. The second kappa shape index (κ2) is 7.09. The van der Waals surface area contributed by atoms with Crippen LogP contribution in [0.4, 0.5) is 5.88 Å². The van der Waals surface area contributed by atoms with Crippen LogP contribution in [0.25, 0.3) is 0 Å². The summed E-state index contributed by atoms with van der Waals surface area (Å²) < 4.78 is 9.90. The molecule has 0 unspecified atom stereocenters. The van der Waals surface area contributed by atoms with E-state index in [1.165, 1.54) is 0 Å². The molecule has 2 rings (SSSR count). The molecule has 1 N–H and O–H groups in total. The van der Waals surface area contributed by atoms with Crippen LogP contribution in [0.3, 0.4) is 0 Å². The smallest absolute Gasteiger partial charge is 0.345 e. The zero-order valence-corrected chi connectivity index (χ0v) is 12.9. The van der Waals surface area contributed by atoms with Gasteiger partial charge in [-0.15, -0.1) is 0 Å². The Labute approximate surface area is 132 Å². The molecule has 1 heterocycles. The van der Waals surface area contributed by atoms with Crippen LogP contribution in [0.15, 0.2) is 28.8 Å². The summed E-state index contributed by atoms with van der Waals surface area (Å²) >= 11 is 5.79. The molecule has 7 heteroatoms. The largest absolute Gasteiger partial charge is 0.462 e. The van der Waals surface area contributed by atoms with Gasteiger partial charge in [0.15, 0.2) is 0 Å². The van der Waals surface area contributed by atoms with Crippen molar-refractivity contribution >= 4 is 29.4 Å². The number of aromatic nitrogens is 1. The molecule has 0 radical (unpaired) electrons. The predicted molar refractivity (Wildman–Crippen MR) is 81.0 cm³/mol. The molecule has 22 heavy (non-hydrogen) atoms. The Morgan fingerprint density at radius 3 is 2.64 bits per heavy atom. The van der Waals surface area contributed by atoms with Crippen molar-refractivity contribution in [3.63, 3.8) is 0 Å². The van der Waals surface area contributed by atoms with E-state index in [4.69, 9.17) is 20.9 Å². The summed E-state index contributed by atoms with van der Waals surface area (Å²) in [6, 6.07) is 6.90. The van der Waals surface area contributed by atoms with Gasteiger partial charge in [-0.3, -0.25) is 10.1 Å². The molecule has 0 bridgehead atoms. The van der Waals surface area contributed by atoms with Crippen molar-refractivity contribution in [2.24, 2.45) is 0 Å². The van der Waals surface area contributed by atoms with Crippen molar-refractivity contribution in [1.82, 2.24) is 5.16 Å². The first kappa shape index (κ1) is 16.0. The van der Waals surface area contributed by atoms with E-state index in [1.54, 1.807) is 38.1 Å². The van der Waals surface area contributed by atoms with Crippen molar-refractivity contribution in [2.45, 2.75) is 20.3 Å². The maximum absolute atomic E-state index is 12.0. The van der Waals surface area contributed by atoms with Gasteiger partial charge in [0.1, 0.15) is 5.56 Å². The van der Waals surface area contributed by atoms with Gasteiger partial charge < -0.3 is 9.26 Å². The number of nitrogens with zero attached hydrogens (tertiary/aromatic N) is 1. The zero-order chi connectivity index (χ0) is 16.1. The van der Waals surface area contributed by atoms with Crippen molar-refractivity contribution < 1.29 is 18.8 Å². The molecular formula is C15H15ClN2O4. The van der Waals surface area contributed by atoms with Crippen LogP contribution < -0.4 is 5.32 Å². The fourth-order valence-corrected chi connectivity index (χ4v) is 1.98. The molecule has 1 aromatic carbocycles. The number of benzene rings is 1. The fourth-order valence-electron chi connectivity index (χ4n) is 1.86. The number of anilines is 1. The monoisotopic (exact) mass is 322 g/mol. The second-order valence-electron chi connectivity index (χ2n) is 4.54. The highest BCUT2D eigenvalue weighted by atomic mass is 35.5. The SMILES string of the molecule is CCOC(=O)c1c(C)noc1NC(=O)Cc1ccc(Cl)cc1. The molecule has 116 valence electrons. The highest BCUT2D eigenvalue weighted by Crippen LogP contribution is 2.20. The predicted octanol–water partition coefficient (Wildman–Crippen LogP) is 2.99. The van der Waals surface area contributed by atoms with E-state index in [0.717, 1.165) is 5.56 Å². The highest BCUT2D eigenvalue weighted by Gasteiger charge is 2.23. The summed E-state index contributed by atoms with van der Waals surface area (Å²) in [4.78, 5) is 23.9. The molecule has 0 saturated heterocycles. The Kier molecular flexibility index (Phi) is 5.16. The van der Waals surface area contributed by atoms with E-state index in [1.807, 2.05) is 0 Å². The number of nitrogens with one attached hydrogen (secondary N) is 1. The van der Waals surface area contributed by atoms with Gasteiger partial charge in [-0.25, -0.2) is 4.79 Å². The van der Waals surface area contributed by atoms with E-state index < -0.39 is 5.97 Å². The molecule has 6 nitrogen and oxygen atoms in total. The molecule has 0 atom stereocenters. The maximum Gasteiger partial charge on any atom is 0.345 e. The van der Waals surface area contributed by atoms with Crippen LogP contribution in [0.5, 0.6) is 0 Å². The van der Waals surface area contributed by atoms with Gasteiger partial charge in [0.2, 0.25) is 11.8 Å². The number of hydrogen-bond acceptors (Lipinski definition) is 5. The number of halogens is 1. The van der Waals surface area contributed by atoms with Crippen molar-refractivity contribution in [1.29, 1.82) is 0 Å². The third kappa shape index (κ3) is 3.85. The molecule has 0 spiro atoms. The number of carbonyl (C=O) groups excluding carboxylic acids is 2. The fraction of sp³-hybridized carbons (Fsp3) is 0.267. The number of ether oxygens (including phenoxy) is 1.